The number of rotatable bonds is 8. The molecule has 0 bridgehead atoms. The van der Waals surface area contributed by atoms with Crippen LogP contribution < -0.4 is 19.5 Å². The van der Waals surface area contributed by atoms with E-state index in [1.165, 1.54) is 21.3 Å². The van der Waals surface area contributed by atoms with Crippen LogP contribution in [-0.2, 0) is 0 Å². The van der Waals surface area contributed by atoms with Gasteiger partial charge in [0, 0.05) is 12.1 Å². The van der Waals surface area contributed by atoms with Gasteiger partial charge in [0.05, 0.1) is 44.0 Å². The van der Waals surface area contributed by atoms with Crippen LogP contribution >= 0.6 is 0 Å². The van der Waals surface area contributed by atoms with Crippen LogP contribution in [0.3, 0.4) is 0 Å². The second-order valence-electron chi connectivity index (χ2n) is 7.20. The zero-order valence-corrected chi connectivity index (χ0v) is 17.4. The maximum absolute atomic E-state index is 13.1. The summed E-state index contributed by atoms with van der Waals surface area (Å²) in [6.07, 6.45) is 0.737. The summed E-state index contributed by atoms with van der Waals surface area (Å²) in [6, 6.07) is 10.8. The van der Waals surface area contributed by atoms with Gasteiger partial charge in [-0.1, -0.05) is 26.0 Å². The first kappa shape index (κ1) is 20.5. The predicted molar refractivity (Wildman–Crippen MR) is 112 cm³/mol. The van der Waals surface area contributed by atoms with E-state index >= 15 is 0 Å². The number of hydrogen-bond acceptors (Lipinski definition) is 5. The molecule has 0 aliphatic rings. The highest BCUT2D eigenvalue weighted by molar-refractivity contribution is 5.98. The van der Waals surface area contributed by atoms with Gasteiger partial charge in [0.1, 0.15) is 11.6 Å². The molecule has 0 spiro atoms. The van der Waals surface area contributed by atoms with E-state index in [1.807, 2.05) is 24.3 Å². The normalized spacial score (nSPS) is 12.1. The van der Waals surface area contributed by atoms with Gasteiger partial charge >= 0.3 is 0 Å². The number of nitrogens with one attached hydrogen (secondary N) is 2. The summed E-state index contributed by atoms with van der Waals surface area (Å²) in [5.74, 6) is 2.19. The van der Waals surface area contributed by atoms with Gasteiger partial charge in [-0.15, -0.1) is 0 Å². The Morgan fingerprint density at radius 2 is 1.69 bits per heavy atom. The summed E-state index contributed by atoms with van der Waals surface area (Å²) in [5.41, 5.74) is 2.18. The van der Waals surface area contributed by atoms with E-state index in [4.69, 9.17) is 14.2 Å². The van der Waals surface area contributed by atoms with E-state index in [9.17, 15) is 4.79 Å². The fourth-order valence-corrected chi connectivity index (χ4v) is 3.29. The van der Waals surface area contributed by atoms with Crippen LogP contribution in [0, 0.1) is 5.92 Å². The fraction of sp³-hybridized carbons (Fsp3) is 0.364. The van der Waals surface area contributed by atoms with Gasteiger partial charge in [-0.05, 0) is 24.5 Å². The monoisotopic (exact) mass is 397 g/mol. The number of para-hydroxylation sites is 2. The third-order valence-corrected chi connectivity index (χ3v) is 4.70. The van der Waals surface area contributed by atoms with E-state index in [1.54, 1.807) is 12.1 Å². The zero-order valence-electron chi connectivity index (χ0n) is 17.4. The van der Waals surface area contributed by atoms with E-state index < -0.39 is 0 Å². The number of ether oxygens (including phenoxy) is 3. The molecular weight excluding hydrogens is 370 g/mol. The standard InChI is InChI=1S/C22H27N3O4/c1-13(2)10-17(21-23-15-8-6-7-9-16(15)24-21)25-22(26)14-11-19(28-4)20(29-5)12-18(14)27-3/h6-9,11-13,17H,10H2,1-5H3,(H,23,24)(H,25,26). The molecule has 0 saturated heterocycles. The molecule has 2 N–H and O–H groups in total. The molecule has 154 valence electrons. The lowest BCUT2D eigenvalue weighted by Crippen LogP contribution is -2.30. The number of benzene rings is 2. The molecule has 1 atom stereocenters. The molecule has 29 heavy (non-hydrogen) atoms. The number of nitrogens with zero attached hydrogens (tertiary/aromatic N) is 1. The van der Waals surface area contributed by atoms with Crippen LogP contribution in [0.25, 0.3) is 11.0 Å². The third-order valence-electron chi connectivity index (χ3n) is 4.70. The predicted octanol–water partition coefficient (Wildman–Crippen LogP) is 4.11. The maximum atomic E-state index is 13.1. The number of fused-ring (bicyclic) bond motifs is 1. The maximum Gasteiger partial charge on any atom is 0.255 e. The van der Waals surface area contributed by atoms with Crippen molar-refractivity contribution in [1.29, 1.82) is 0 Å². The minimum atomic E-state index is -0.271. The molecule has 3 aromatic rings. The molecule has 2 aromatic carbocycles. The molecule has 0 saturated carbocycles. The van der Waals surface area contributed by atoms with E-state index in [2.05, 4.69) is 29.1 Å². The Morgan fingerprint density at radius 1 is 1.03 bits per heavy atom. The first-order valence-electron chi connectivity index (χ1n) is 9.52. The average Bonchev–Trinajstić information content (AvgIpc) is 3.16. The second-order valence-corrected chi connectivity index (χ2v) is 7.20. The van der Waals surface area contributed by atoms with Gasteiger partial charge in [0.2, 0.25) is 0 Å². The molecule has 0 fully saturated rings. The summed E-state index contributed by atoms with van der Waals surface area (Å²) in [5, 5.41) is 3.10. The van der Waals surface area contributed by atoms with Crippen molar-refractivity contribution in [3.8, 4) is 17.2 Å². The Labute approximate surface area is 170 Å². The van der Waals surface area contributed by atoms with E-state index in [0.29, 0.717) is 28.7 Å². The Kier molecular flexibility index (Phi) is 6.26. The van der Waals surface area contributed by atoms with Crippen molar-refractivity contribution >= 4 is 16.9 Å². The molecule has 1 amide bonds. The Morgan fingerprint density at radius 3 is 2.31 bits per heavy atom. The fourth-order valence-electron chi connectivity index (χ4n) is 3.29. The van der Waals surface area contributed by atoms with Crippen LogP contribution in [0.1, 0.15) is 42.5 Å². The minimum absolute atomic E-state index is 0.270. The SMILES string of the molecule is COc1cc(OC)c(C(=O)NC(CC(C)C)c2nc3ccccc3[nH]2)cc1OC. The van der Waals surface area contributed by atoms with Gasteiger partial charge in [-0.25, -0.2) is 4.98 Å². The van der Waals surface area contributed by atoms with Gasteiger partial charge in [0.15, 0.2) is 11.5 Å². The molecular formula is C22H27N3O4. The zero-order chi connectivity index (χ0) is 21.0. The lowest BCUT2D eigenvalue weighted by Gasteiger charge is -2.20. The average molecular weight is 397 g/mol. The van der Waals surface area contributed by atoms with Crippen molar-refractivity contribution in [2.45, 2.75) is 26.3 Å². The number of amides is 1. The second kappa shape index (κ2) is 8.86. The number of aromatic amines is 1. The lowest BCUT2D eigenvalue weighted by molar-refractivity contribution is 0.0926. The van der Waals surface area contributed by atoms with E-state index in [-0.39, 0.29) is 11.9 Å². The molecule has 7 nitrogen and oxygen atoms in total. The molecule has 0 radical (unpaired) electrons. The Balaban J connectivity index is 1.94. The third kappa shape index (κ3) is 4.45. The number of methoxy groups -OCH3 is 3. The number of carbonyl (C=O) groups excluding carboxylic acids is 1. The van der Waals surface area contributed by atoms with Gasteiger partial charge in [-0.2, -0.15) is 0 Å². The van der Waals surface area contributed by atoms with Crippen LogP contribution in [0.15, 0.2) is 36.4 Å². The largest absolute Gasteiger partial charge is 0.496 e. The molecule has 3 rings (SSSR count). The highest BCUT2D eigenvalue weighted by Crippen LogP contribution is 2.35. The van der Waals surface area contributed by atoms with Crippen LogP contribution in [0.4, 0.5) is 0 Å². The van der Waals surface area contributed by atoms with Crippen molar-refractivity contribution < 1.29 is 19.0 Å². The Hall–Kier alpha value is -3.22. The van der Waals surface area contributed by atoms with Crippen LogP contribution in [-0.4, -0.2) is 37.2 Å². The molecule has 0 aliphatic carbocycles. The number of imidazole rings is 1. The minimum Gasteiger partial charge on any atom is -0.496 e. The number of H-pyrrole nitrogens is 1. The number of carbonyl (C=O) groups is 1. The number of aromatic nitrogens is 2. The highest BCUT2D eigenvalue weighted by atomic mass is 16.5. The van der Waals surface area contributed by atoms with E-state index in [0.717, 1.165) is 23.3 Å². The molecule has 7 heteroatoms. The lowest BCUT2D eigenvalue weighted by atomic mass is 10.0. The summed E-state index contributed by atoms with van der Waals surface area (Å²) >= 11 is 0. The summed E-state index contributed by atoms with van der Waals surface area (Å²) in [6.45, 7) is 4.22. The first-order chi connectivity index (χ1) is 14.0. The summed E-state index contributed by atoms with van der Waals surface area (Å²) in [4.78, 5) is 21.1. The molecule has 0 aliphatic heterocycles. The van der Waals surface area contributed by atoms with Crippen LogP contribution in [0.5, 0.6) is 17.2 Å². The number of hydrogen-bond donors (Lipinski definition) is 2. The first-order valence-corrected chi connectivity index (χ1v) is 9.52. The van der Waals surface area contributed by atoms with Gasteiger partial charge in [0.25, 0.3) is 5.91 Å². The van der Waals surface area contributed by atoms with Gasteiger partial charge < -0.3 is 24.5 Å². The summed E-state index contributed by atoms with van der Waals surface area (Å²) in [7, 11) is 4.59. The molecule has 1 heterocycles. The van der Waals surface area contributed by atoms with Crippen LogP contribution in [0.2, 0.25) is 0 Å². The van der Waals surface area contributed by atoms with Crippen molar-refractivity contribution in [3.05, 3.63) is 47.8 Å². The Bertz CT molecular complexity index is 964. The summed E-state index contributed by atoms with van der Waals surface area (Å²) < 4.78 is 16.0. The molecule has 1 unspecified atom stereocenters. The smallest absolute Gasteiger partial charge is 0.255 e. The van der Waals surface area contributed by atoms with Crippen molar-refractivity contribution in [1.82, 2.24) is 15.3 Å². The molecule has 1 aromatic heterocycles. The van der Waals surface area contributed by atoms with Crippen molar-refractivity contribution in [2.24, 2.45) is 5.92 Å². The topological polar surface area (TPSA) is 85.5 Å². The van der Waals surface area contributed by atoms with Gasteiger partial charge in [-0.3, -0.25) is 4.79 Å². The quantitative estimate of drug-likeness (QED) is 0.598. The van der Waals surface area contributed by atoms with Crippen molar-refractivity contribution in [2.75, 3.05) is 21.3 Å². The highest BCUT2D eigenvalue weighted by Gasteiger charge is 2.24. The van der Waals surface area contributed by atoms with Crippen molar-refractivity contribution in [3.63, 3.8) is 0 Å².